The molecule has 0 atom stereocenters. The van der Waals surface area contributed by atoms with Crippen LogP contribution in [-0.4, -0.2) is 51.9 Å². The second kappa shape index (κ2) is 5.92. The van der Waals surface area contributed by atoms with Crippen LogP contribution in [0.2, 0.25) is 0 Å². The van der Waals surface area contributed by atoms with E-state index in [4.69, 9.17) is 5.73 Å². The third kappa shape index (κ3) is 3.75. The molecule has 98 valence electrons. The Bertz CT molecular complexity index is 454. The highest BCUT2D eigenvalue weighted by Crippen LogP contribution is 2.23. The summed E-state index contributed by atoms with van der Waals surface area (Å²) in [7, 11) is 2.07. The first-order valence-electron chi connectivity index (χ1n) is 5.27. The van der Waals surface area contributed by atoms with Crippen LogP contribution in [0, 0.1) is 0 Å². The van der Waals surface area contributed by atoms with Gasteiger partial charge in [-0.2, -0.15) is 4.31 Å². The number of likely N-dealkylation sites (N-methyl/N-ethyl adjacent to an activating group) is 2. The van der Waals surface area contributed by atoms with Crippen molar-refractivity contribution in [1.82, 2.24) is 9.21 Å². The van der Waals surface area contributed by atoms with Crippen molar-refractivity contribution in [1.29, 1.82) is 0 Å². The topological polar surface area (TPSA) is 66.6 Å². The van der Waals surface area contributed by atoms with Gasteiger partial charge in [0.1, 0.15) is 4.21 Å². The van der Waals surface area contributed by atoms with E-state index in [2.05, 4.69) is 0 Å². The maximum absolute atomic E-state index is 12.2. The second-order valence-corrected chi connectivity index (χ2v) is 7.49. The van der Waals surface area contributed by atoms with Gasteiger partial charge in [-0.15, -0.1) is 11.3 Å². The fraction of sp³-hybridized carbons (Fsp3) is 0.600. The summed E-state index contributed by atoms with van der Waals surface area (Å²) in [5.74, 6) is 0. The van der Waals surface area contributed by atoms with Crippen LogP contribution in [0.1, 0.15) is 4.88 Å². The van der Waals surface area contributed by atoms with Crippen molar-refractivity contribution in [2.24, 2.45) is 5.73 Å². The Kier molecular flexibility index (Phi) is 5.08. The summed E-state index contributed by atoms with van der Waals surface area (Å²) in [5.41, 5.74) is 5.48. The van der Waals surface area contributed by atoms with Gasteiger partial charge in [-0.25, -0.2) is 8.42 Å². The molecule has 17 heavy (non-hydrogen) atoms. The first-order valence-corrected chi connectivity index (χ1v) is 7.53. The average molecular weight is 277 g/mol. The molecule has 5 nitrogen and oxygen atoms in total. The molecule has 7 heteroatoms. The van der Waals surface area contributed by atoms with Crippen molar-refractivity contribution in [2.75, 3.05) is 34.2 Å². The van der Waals surface area contributed by atoms with Gasteiger partial charge in [0.25, 0.3) is 10.0 Å². The number of thiophene rings is 1. The van der Waals surface area contributed by atoms with E-state index in [9.17, 15) is 8.42 Å². The summed E-state index contributed by atoms with van der Waals surface area (Å²) in [6.45, 7) is 1.55. The van der Waals surface area contributed by atoms with Crippen LogP contribution in [0.5, 0.6) is 0 Å². The molecule has 0 radical (unpaired) electrons. The molecule has 0 saturated heterocycles. The van der Waals surface area contributed by atoms with Crippen LogP contribution < -0.4 is 5.73 Å². The maximum atomic E-state index is 12.2. The van der Waals surface area contributed by atoms with Crippen molar-refractivity contribution in [3.8, 4) is 0 Å². The van der Waals surface area contributed by atoms with Crippen LogP contribution in [0.3, 0.4) is 0 Å². The van der Waals surface area contributed by atoms with Gasteiger partial charge in [0.2, 0.25) is 0 Å². The van der Waals surface area contributed by atoms with E-state index in [1.807, 2.05) is 19.0 Å². The minimum atomic E-state index is -3.35. The lowest BCUT2D eigenvalue weighted by Crippen LogP contribution is -2.33. The van der Waals surface area contributed by atoms with E-state index in [0.29, 0.717) is 23.8 Å². The standard InChI is InChI=1S/C10H19N3O2S2/c1-12(2)6-7-13(3)17(14,15)10-5-4-9(8-11)16-10/h4-5H,6-8,11H2,1-3H3. The molecule has 1 aromatic rings. The number of nitrogens with zero attached hydrogens (tertiary/aromatic N) is 2. The van der Waals surface area contributed by atoms with E-state index in [-0.39, 0.29) is 0 Å². The van der Waals surface area contributed by atoms with E-state index in [1.54, 1.807) is 19.2 Å². The lowest BCUT2D eigenvalue weighted by molar-refractivity contribution is 0.359. The van der Waals surface area contributed by atoms with Crippen LogP contribution in [0.25, 0.3) is 0 Å². The summed E-state index contributed by atoms with van der Waals surface area (Å²) in [6.07, 6.45) is 0. The molecule has 0 saturated carbocycles. The monoisotopic (exact) mass is 277 g/mol. The largest absolute Gasteiger partial charge is 0.326 e. The number of nitrogens with two attached hydrogens (primary N) is 1. The molecular weight excluding hydrogens is 258 g/mol. The van der Waals surface area contributed by atoms with Crippen LogP contribution in [0.15, 0.2) is 16.3 Å². The number of sulfonamides is 1. The molecule has 0 aromatic carbocycles. The molecule has 1 aromatic heterocycles. The highest BCUT2D eigenvalue weighted by molar-refractivity contribution is 7.91. The smallest absolute Gasteiger partial charge is 0.252 e. The zero-order valence-corrected chi connectivity index (χ0v) is 12.0. The lowest BCUT2D eigenvalue weighted by Gasteiger charge is -2.18. The van der Waals surface area contributed by atoms with Crippen molar-refractivity contribution >= 4 is 21.4 Å². The Labute approximate surface area is 107 Å². The van der Waals surface area contributed by atoms with E-state index in [1.165, 1.54) is 15.6 Å². The minimum Gasteiger partial charge on any atom is -0.326 e. The molecular formula is C10H19N3O2S2. The highest BCUT2D eigenvalue weighted by atomic mass is 32.2. The minimum absolute atomic E-state index is 0.360. The number of hydrogen-bond acceptors (Lipinski definition) is 5. The second-order valence-electron chi connectivity index (χ2n) is 4.05. The zero-order valence-electron chi connectivity index (χ0n) is 10.4. The van der Waals surface area contributed by atoms with Crippen LogP contribution >= 0.6 is 11.3 Å². The molecule has 0 spiro atoms. The third-order valence-corrected chi connectivity index (χ3v) is 5.80. The van der Waals surface area contributed by atoms with Crippen molar-refractivity contribution in [3.05, 3.63) is 17.0 Å². The summed E-state index contributed by atoms with van der Waals surface area (Å²) in [4.78, 5) is 2.83. The average Bonchev–Trinajstić information content (AvgIpc) is 2.74. The molecule has 0 aliphatic heterocycles. The summed E-state index contributed by atoms with van der Waals surface area (Å²) in [5, 5.41) is 0. The molecule has 0 aliphatic rings. The lowest BCUT2D eigenvalue weighted by atomic mass is 10.5. The Morgan fingerprint density at radius 1 is 1.24 bits per heavy atom. The highest BCUT2D eigenvalue weighted by Gasteiger charge is 2.22. The summed E-state index contributed by atoms with van der Waals surface area (Å²) >= 11 is 1.23. The summed E-state index contributed by atoms with van der Waals surface area (Å²) in [6, 6.07) is 3.38. The van der Waals surface area contributed by atoms with E-state index in [0.717, 1.165) is 4.88 Å². The SMILES string of the molecule is CN(C)CCN(C)S(=O)(=O)c1ccc(CN)s1. The quantitative estimate of drug-likeness (QED) is 0.817. The molecule has 0 bridgehead atoms. The Morgan fingerprint density at radius 2 is 1.88 bits per heavy atom. The Morgan fingerprint density at radius 3 is 2.35 bits per heavy atom. The van der Waals surface area contributed by atoms with Crippen LogP contribution in [-0.2, 0) is 16.6 Å². The number of hydrogen-bond donors (Lipinski definition) is 1. The van der Waals surface area contributed by atoms with Gasteiger partial charge in [0.15, 0.2) is 0 Å². The number of rotatable bonds is 6. The predicted octanol–water partition coefficient (Wildman–Crippen LogP) is 0.389. The molecule has 2 N–H and O–H groups in total. The third-order valence-electron chi connectivity index (χ3n) is 2.36. The Balaban J connectivity index is 2.79. The van der Waals surface area contributed by atoms with Crippen molar-refractivity contribution in [2.45, 2.75) is 10.8 Å². The molecule has 1 heterocycles. The molecule has 0 aliphatic carbocycles. The maximum Gasteiger partial charge on any atom is 0.252 e. The van der Waals surface area contributed by atoms with Crippen molar-refractivity contribution in [3.63, 3.8) is 0 Å². The first-order chi connectivity index (χ1) is 7.87. The molecule has 0 fully saturated rings. The van der Waals surface area contributed by atoms with Crippen molar-refractivity contribution < 1.29 is 8.42 Å². The van der Waals surface area contributed by atoms with Gasteiger partial charge in [-0.3, -0.25) is 0 Å². The van der Waals surface area contributed by atoms with Gasteiger partial charge in [0.05, 0.1) is 0 Å². The Hall–Kier alpha value is -0.470. The van der Waals surface area contributed by atoms with Gasteiger partial charge in [-0.05, 0) is 26.2 Å². The van der Waals surface area contributed by atoms with Gasteiger partial charge in [0, 0.05) is 31.6 Å². The molecule has 0 unspecified atom stereocenters. The predicted molar refractivity (Wildman–Crippen MR) is 70.6 cm³/mol. The summed E-state index contributed by atoms with van der Waals surface area (Å²) < 4.78 is 26.0. The molecule has 0 amide bonds. The van der Waals surface area contributed by atoms with Gasteiger partial charge < -0.3 is 10.6 Å². The van der Waals surface area contributed by atoms with E-state index < -0.39 is 10.0 Å². The fourth-order valence-electron chi connectivity index (χ4n) is 1.22. The van der Waals surface area contributed by atoms with E-state index >= 15 is 0 Å². The van der Waals surface area contributed by atoms with Crippen LogP contribution in [0.4, 0.5) is 0 Å². The fourth-order valence-corrected chi connectivity index (χ4v) is 3.83. The molecule has 1 rings (SSSR count). The normalized spacial score (nSPS) is 12.6. The zero-order chi connectivity index (χ0) is 13.1. The van der Waals surface area contributed by atoms with Gasteiger partial charge in [-0.1, -0.05) is 0 Å². The first kappa shape index (κ1) is 14.6. The van der Waals surface area contributed by atoms with Gasteiger partial charge >= 0.3 is 0 Å².